The zero-order chi connectivity index (χ0) is 8.15. The molecule has 0 spiro atoms. The zero-order valence-corrected chi connectivity index (χ0v) is 7.27. The van der Waals surface area contributed by atoms with Crippen molar-refractivity contribution in [3.8, 4) is 0 Å². The molecule has 0 aromatic heterocycles. The van der Waals surface area contributed by atoms with Gasteiger partial charge in [-0.2, -0.15) is 0 Å². The molecule has 1 N–H and O–H groups in total. The van der Waals surface area contributed by atoms with Crippen molar-refractivity contribution in [3.05, 3.63) is 0 Å². The van der Waals surface area contributed by atoms with Gasteiger partial charge in [0.05, 0.1) is 0 Å². The molecule has 0 bridgehead atoms. The Kier molecular flexibility index (Phi) is 4.08. The standard InChI is InChI=1S/C8H17NO/c1-6(2)7(3)5-8(10)9-4/h6-7H,5H2,1-4H3,(H,9,10). The van der Waals surface area contributed by atoms with Crippen LogP contribution in [-0.4, -0.2) is 13.0 Å². The number of nitrogens with one attached hydrogen (secondary N) is 1. The molecule has 0 aromatic carbocycles. The van der Waals surface area contributed by atoms with Gasteiger partial charge in [-0.3, -0.25) is 4.79 Å². The van der Waals surface area contributed by atoms with E-state index in [1.165, 1.54) is 0 Å². The molecule has 0 heterocycles. The molecule has 0 aliphatic carbocycles. The monoisotopic (exact) mass is 143 g/mol. The molecule has 0 aromatic rings. The van der Waals surface area contributed by atoms with Crippen molar-refractivity contribution in [2.24, 2.45) is 11.8 Å². The molecule has 0 saturated carbocycles. The summed E-state index contributed by atoms with van der Waals surface area (Å²) in [6, 6.07) is 0. The summed E-state index contributed by atoms with van der Waals surface area (Å²) in [7, 11) is 1.68. The van der Waals surface area contributed by atoms with Gasteiger partial charge in [0, 0.05) is 13.5 Å². The van der Waals surface area contributed by atoms with Gasteiger partial charge in [0.1, 0.15) is 0 Å². The molecule has 0 rings (SSSR count). The van der Waals surface area contributed by atoms with Gasteiger partial charge in [-0.05, 0) is 11.8 Å². The van der Waals surface area contributed by atoms with E-state index in [4.69, 9.17) is 0 Å². The van der Waals surface area contributed by atoms with E-state index >= 15 is 0 Å². The van der Waals surface area contributed by atoms with E-state index in [9.17, 15) is 4.79 Å². The van der Waals surface area contributed by atoms with Crippen LogP contribution in [0.1, 0.15) is 27.2 Å². The van der Waals surface area contributed by atoms with E-state index in [0.29, 0.717) is 18.3 Å². The molecular weight excluding hydrogens is 126 g/mol. The topological polar surface area (TPSA) is 29.1 Å². The Labute approximate surface area is 63.0 Å². The van der Waals surface area contributed by atoms with Crippen LogP contribution >= 0.6 is 0 Å². The number of hydrogen-bond acceptors (Lipinski definition) is 1. The Morgan fingerprint density at radius 1 is 1.40 bits per heavy atom. The second kappa shape index (κ2) is 4.31. The van der Waals surface area contributed by atoms with Crippen LogP contribution < -0.4 is 5.32 Å². The Balaban J connectivity index is 3.57. The lowest BCUT2D eigenvalue weighted by Gasteiger charge is -2.13. The Morgan fingerprint density at radius 3 is 2.20 bits per heavy atom. The molecule has 0 fully saturated rings. The molecule has 0 aliphatic rings. The van der Waals surface area contributed by atoms with Gasteiger partial charge in [0.15, 0.2) is 0 Å². The van der Waals surface area contributed by atoms with E-state index in [2.05, 4.69) is 26.1 Å². The minimum Gasteiger partial charge on any atom is -0.359 e. The quantitative estimate of drug-likeness (QED) is 0.636. The van der Waals surface area contributed by atoms with Crippen molar-refractivity contribution in [3.63, 3.8) is 0 Å². The predicted molar refractivity (Wildman–Crippen MR) is 42.7 cm³/mol. The van der Waals surface area contributed by atoms with Gasteiger partial charge < -0.3 is 5.32 Å². The van der Waals surface area contributed by atoms with Crippen LogP contribution in [0.25, 0.3) is 0 Å². The lowest BCUT2D eigenvalue weighted by molar-refractivity contribution is -0.121. The van der Waals surface area contributed by atoms with Gasteiger partial charge >= 0.3 is 0 Å². The molecule has 60 valence electrons. The molecule has 2 heteroatoms. The lowest BCUT2D eigenvalue weighted by Crippen LogP contribution is -2.22. The second-order valence-electron chi connectivity index (χ2n) is 3.10. The van der Waals surface area contributed by atoms with Crippen molar-refractivity contribution in [2.45, 2.75) is 27.2 Å². The average molecular weight is 143 g/mol. The Hall–Kier alpha value is -0.530. The molecule has 2 nitrogen and oxygen atoms in total. The summed E-state index contributed by atoms with van der Waals surface area (Å²) in [5.41, 5.74) is 0. The normalized spacial score (nSPS) is 13.3. The molecule has 0 saturated heterocycles. The van der Waals surface area contributed by atoms with Crippen LogP contribution in [0.2, 0.25) is 0 Å². The molecule has 1 amide bonds. The summed E-state index contributed by atoms with van der Waals surface area (Å²) in [6.45, 7) is 6.36. The molecule has 1 unspecified atom stereocenters. The van der Waals surface area contributed by atoms with E-state index in [1.54, 1.807) is 7.05 Å². The Morgan fingerprint density at radius 2 is 1.90 bits per heavy atom. The Bertz CT molecular complexity index is 110. The van der Waals surface area contributed by atoms with Gasteiger partial charge in [0.25, 0.3) is 0 Å². The highest BCUT2D eigenvalue weighted by atomic mass is 16.1. The predicted octanol–water partition coefficient (Wildman–Crippen LogP) is 1.41. The molecule has 0 radical (unpaired) electrons. The number of carbonyl (C=O) groups excluding carboxylic acids is 1. The lowest BCUT2D eigenvalue weighted by atomic mass is 9.94. The first kappa shape index (κ1) is 9.47. The summed E-state index contributed by atoms with van der Waals surface area (Å²) in [5, 5.41) is 2.61. The minimum atomic E-state index is 0.140. The van der Waals surface area contributed by atoms with E-state index in [-0.39, 0.29) is 5.91 Å². The minimum absolute atomic E-state index is 0.140. The number of hydrogen-bond donors (Lipinski definition) is 1. The highest BCUT2D eigenvalue weighted by molar-refractivity contribution is 5.75. The first-order valence-electron chi connectivity index (χ1n) is 3.78. The SMILES string of the molecule is CNC(=O)CC(C)C(C)C. The largest absolute Gasteiger partial charge is 0.359 e. The van der Waals surface area contributed by atoms with Crippen molar-refractivity contribution >= 4 is 5.91 Å². The third kappa shape index (κ3) is 3.49. The van der Waals surface area contributed by atoms with Crippen LogP contribution in [0.3, 0.4) is 0 Å². The van der Waals surface area contributed by atoms with Crippen LogP contribution in [0.15, 0.2) is 0 Å². The van der Waals surface area contributed by atoms with Gasteiger partial charge in [0.2, 0.25) is 5.91 Å². The van der Waals surface area contributed by atoms with Gasteiger partial charge in [-0.1, -0.05) is 20.8 Å². The maximum atomic E-state index is 10.8. The van der Waals surface area contributed by atoms with E-state index in [1.807, 2.05) is 0 Å². The number of rotatable bonds is 3. The van der Waals surface area contributed by atoms with Crippen LogP contribution in [0.5, 0.6) is 0 Å². The first-order chi connectivity index (χ1) is 4.57. The third-order valence-corrected chi connectivity index (χ3v) is 1.92. The van der Waals surface area contributed by atoms with E-state index < -0.39 is 0 Å². The first-order valence-corrected chi connectivity index (χ1v) is 3.78. The fourth-order valence-electron chi connectivity index (χ4n) is 0.630. The van der Waals surface area contributed by atoms with Crippen molar-refractivity contribution in [2.75, 3.05) is 7.05 Å². The molecule has 10 heavy (non-hydrogen) atoms. The highest BCUT2D eigenvalue weighted by Crippen LogP contribution is 2.12. The van der Waals surface area contributed by atoms with E-state index in [0.717, 1.165) is 0 Å². The fourth-order valence-corrected chi connectivity index (χ4v) is 0.630. The average Bonchev–Trinajstić information content (AvgIpc) is 1.87. The summed E-state index contributed by atoms with van der Waals surface area (Å²) < 4.78 is 0. The fraction of sp³-hybridized carbons (Fsp3) is 0.875. The van der Waals surface area contributed by atoms with Crippen molar-refractivity contribution < 1.29 is 4.79 Å². The van der Waals surface area contributed by atoms with Crippen molar-refractivity contribution in [1.29, 1.82) is 0 Å². The maximum Gasteiger partial charge on any atom is 0.220 e. The van der Waals surface area contributed by atoms with Crippen LogP contribution in [-0.2, 0) is 4.79 Å². The molecule has 1 atom stereocenters. The summed E-state index contributed by atoms with van der Waals surface area (Å²) in [5.74, 6) is 1.22. The molecular formula is C8H17NO. The van der Waals surface area contributed by atoms with Crippen molar-refractivity contribution in [1.82, 2.24) is 5.32 Å². The zero-order valence-electron chi connectivity index (χ0n) is 7.27. The van der Waals surface area contributed by atoms with Gasteiger partial charge in [-0.15, -0.1) is 0 Å². The summed E-state index contributed by atoms with van der Waals surface area (Å²) in [4.78, 5) is 10.8. The summed E-state index contributed by atoms with van der Waals surface area (Å²) in [6.07, 6.45) is 0.647. The van der Waals surface area contributed by atoms with Gasteiger partial charge in [-0.25, -0.2) is 0 Å². The smallest absolute Gasteiger partial charge is 0.220 e. The van der Waals surface area contributed by atoms with Crippen LogP contribution in [0, 0.1) is 11.8 Å². The third-order valence-electron chi connectivity index (χ3n) is 1.92. The number of carbonyl (C=O) groups is 1. The van der Waals surface area contributed by atoms with Crippen LogP contribution in [0.4, 0.5) is 0 Å². The maximum absolute atomic E-state index is 10.8. The highest BCUT2D eigenvalue weighted by Gasteiger charge is 2.10. The molecule has 0 aliphatic heterocycles. The second-order valence-corrected chi connectivity index (χ2v) is 3.10. The summed E-state index contributed by atoms with van der Waals surface area (Å²) >= 11 is 0. The number of amides is 1.